The van der Waals surface area contributed by atoms with Crippen LogP contribution in [-0.2, 0) is 13.1 Å². The number of methoxy groups -OCH3 is 1. The lowest BCUT2D eigenvalue weighted by atomic mass is 10.1. The summed E-state index contributed by atoms with van der Waals surface area (Å²) in [5.41, 5.74) is 3.46. The van der Waals surface area contributed by atoms with Crippen molar-refractivity contribution >= 4 is 40.7 Å². The van der Waals surface area contributed by atoms with Crippen molar-refractivity contribution in [2.75, 3.05) is 20.2 Å². The molecule has 0 fully saturated rings. The van der Waals surface area contributed by atoms with E-state index in [2.05, 4.69) is 70.7 Å². The maximum absolute atomic E-state index is 5.30. The molecular weight excluding hydrogens is 489 g/mol. The van der Waals surface area contributed by atoms with E-state index < -0.39 is 0 Å². The Labute approximate surface area is 196 Å². The zero-order chi connectivity index (χ0) is 20.6. The number of hydrogen-bond donors (Lipinski definition) is 2. The summed E-state index contributed by atoms with van der Waals surface area (Å²) in [7, 11) is 1.69. The fourth-order valence-electron chi connectivity index (χ4n) is 3.35. The summed E-state index contributed by atoms with van der Waals surface area (Å²) in [5, 5.41) is 13.6. The Morgan fingerprint density at radius 1 is 1.07 bits per heavy atom. The van der Waals surface area contributed by atoms with E-state index in [9.17, 15) is 0 Å². The molecule has 0 bridgehead atoms. The summed E-state index contributed by atoms with van der Waals surface area (Å²) in [4.78, 5) is 4.74. The van der Waals surface area contributed by atoms with E-state index in [1.807, 2.05) is 13.0 Å². The standard InChI is InChI=1S/C23H31N5O.HI/c1-5-24-23(25-11-6-12-28-18(3)13-17(2)27-28)26-16-19-7-8-21-15-22(29-4)10-9-20(21)14-19;/h7-10,13-15H,5-6,11-12,16H2,1-4H3,(H2,24,25,26);1H. The van der Waals surface area contributed by atoms with E-state index in [-0.39, 0.29) is 24.0 Å². The van der Waals surface area contributed by atoms with Crippen molar-refractivity contribution in [3.8, 4) is 5.75 Å². The number of fused-ring (bicyclic) bond motifs is 1. The molecule has 30 heavy (non-hydrogen) atoms. The van der Waals surface area contributed by atoms with Crippen LogP contribution < -0.4 is 15.4 Å². The normalized spacial score (nSPS) is 11.3. The van der Waals surface area contributed by atoms with Gasteiger partial charge in [0.15, 0.2) is 5.96 Å². The molecule has 0 aliphatic carbocycles. The van der Waals surface area contributed by atoms with Gasteiger partial charge in [-0.2, -0.15) is 5.10 Å². The number of aromatic nitrogens is 2. The van der Waals surface area contributed by atoms with Gasteiger partial charge >= 0.3 is 0 Å². The molecule has 162 valence electrons. The molecule has 0 aliphatic rings. The number of aliphatic imine (C=N–C) groups is 1. The molecule has 0 aliphatic heterocycles. The molecule has 0 spiro atoms. The number of guanidine groups is 1. The molecule has 2 N–H and O–H groups in total. The molecule has 0 saturated heterocycles. The van der Waals surface area contributed by atoms with Crippen LogP contribution in [0.1, 0.15) is 30.3 Å². The molecule has 0 saturated carbocycles. The van der Waals surface area contributed by atoms with Crippen LogP contribution >= 0.6 is 24.0 Å². The topological polar surface area (TPSA) is 63.5 Å². The highest BCUT2D eigenvalue weighted by molar-refractivity contribution is 14.0. The largest absolute Gasteiger partial charge is 0.497 e. The Morgan fingerprint density at radius 2 is 1.83 bits per heavy atom. The number of ether oxygens (including phenoxy) is 1. The van der Waals surface area contributed by atoms with Gasteiger partial charge in [0.25, 0.3) is 0 Å². The zero-order valence-electron chi connectivity index (χ0n) is 18.2. The van der Waals surface area contributed by atoms with E-state index in [1.54, 1.807) is 7.11 Å². The van der Waals surface area contributed by atoms with Crippen LogP contribution in [0.3, 0.4) is 0 Å². The molecule has 7 heteroatoms. The molecule has 1 heterocycles. The molecule has 3 rings (SSSR count). The summed E-state index contributed by atoms with van der Waals surface area (Å²) in [5.74, 6) is 1.72. The molecule has 1 aromatic heterocycles. The molecule has 6 nitrogen and oxygen atoms in total. The minimum absolute atomic E-state index is 0. The average molecular weight is 521 g/mol. The number of benzene rings is 2. The molecule has 0 amide bonds. The first-order valence-corrected chi connectivity index (χ1v) is 10.2. The SMILES string of the molecule is CCNC(=NCc1ccc2cc(OC)ccc2c1)NCCCn1nc(C)cc1C.I. The first-order valence-electron chi connectivity index (χ1n) is 10.2. The van der Waals surface area contributed by atoms with E-state index in [4.69, 9.17) is 9.73 Å². The number of rotatable bonds is 8. The average Bonchev–Trinajstić information content (AvgIpc) is 3.05. The van der Waals surface area contributed by atoms with E-state index in [0.29, 0.717) is 6.54 Å². The number of nitrogens with one attached hydrogen (secondary N) is 2. The van der Waals surface area contributed by atoms with Crippen LogP contribution in [-0.4, -0.2) is 35.9 Å². The summed E-state index contributed by atoms with van der Waals surface area (Å²) in [6.07, 6.45) is 0.990. The molecule has 3 aromatic rings. The van der Waals surface area contributed by atoms with Crippen molar-refractivity contribution in [1.29, 1.82) is 0 Å². The minimum atomic E-state index is 0. The summed E-state index contributed by atoms with van der Waals surface area (Å²) in [6.45, 7) is 9.42. The highest BCUT2D eigenvalue weighted by atomic mass is 127. The summed E-state index contributed by atoms with van der Waals surface area (Å²) >= 11 is 0. The lowest BCUT2D eigenvalue weighted by molar-refractivity contribution is 0.415. The van der Waals surface area contributed by atoms with Crippen LogP contribution in [0.2, 0.25) is 0 Å². The van der Waals surface area contributed by atoms with Crippen LogP contribution in [0.25, 0.3) is 10.8 Å². The fraction of sp³-hybridized carbons (Fsp3) is 0.391. The van der Waals surface area contributed by atoms with E-state index in [1.165, 1.54) is 22.0 Å². The van der Waals surface area contributed by atoms with Crippen molar-refractivity contribution in [2.45, 2.75) is 40.3 Å². The lowest BCUT2D eigenvalue weighted by Gasteiger charge is -2.12. The molecule has 2 aromatic carbocycles. The van der Waals surface area contributed by atoms with Gasteiger partial charge in [-0.3, -0.25) is 4.68 Å². The van der Waals surface area contributed by atoms with Gasteiger partial charge in [-0.15, -0.1) is 24.0 Å². The van der Waals surface area contributed by atoms with Gasteiger partial charge in [-0.25, -0.2) is 4.99 Å². The van der Waals surface area contributed by atoms with E-state index >= 15 is 0 Å². The van der Waals surface area contributed by atoms with Gasteiger partial charge in [0, 0.05) is 25.3 Å². The minimum Gasteiger partial charge on any atom is -0.497 e. The van der Waals surface area contributed by atoms with Gasteiger partial charge in [0.1, 0.15) is 5.75 Å². The Bertz CT molecular complexity index is 983. The Kier molecular flexibility index (Phi) is 9.42. The quantitative estimate of drug-likeness (QED) is 0.199. The zero-order valence-corrected chi connectivity index (χ0v) is 20.6. The van der Waals surface area contributed by atoms with Gasteiger partial charge in [0.05, 0.1) is 19.3 Å². The number of halogens is 1. The van der Waals surface area contributed by atoms with Crippen LogP contribution in [0, 0.1) is 13.8 Å². The smallest absolute Gasteiger partial charge is 0.191 e. The maximum atomic E-state index is 5.30. The maximum Gasteiger partial charge on any atom is 0.191 e. The second kappa shape index (κ2) is 11.8. The van der Waals surface area contributed by atoms with Crippen molar-refractivity contribution in [3.63, 3.8) is 0 Å². The second-order valence-electron chi connectivity index (χ2n) is 7.17. The third-order valence-corrected chi connectivity index (χ3v) is 4.82. The van der Waals surface area contributed by atoms with Gasteiger partial charge in [-0.05, 0) is 67.8 Å². The third-order valence-electron chi connectivity index (χ3n) is 4.82. The first-order chi connectivity index (χ1) is 14.1. The monoisotopic (exact) mass is 521 g/mol. The predicted molar refractivity (Wildman–Crippen MR) is 135 cm³/mol. The number of hydrogen-bond acceptors (Lipinski definition) is 3. The highest BCUT2D eigenvalue weighted by Gasteiger charge is 2.03. The van der Waals surface area contributed by atoms with Crippen LogP contribution in [0.15, 0.2) is 47.5 Å². The van der Waals surface area contributed by atoms with Gasteiger partial charge in [0.2, 0.25) is 0 Å². The molecule has 0 radical (unpaired) electrons. The van der Waals surface area contributed by atoms with Crippen molar-refractivity contribution in [3.05, 3.63) is 59.4 Å². The Balaban J connectivity index is 0.00000320. The first kappa shape index (κ1) is 24.0. The predicted octanol–water partition coefficient (Wildman–Crippen LogP) is 4.43. The highest BCUT2D eigenvalue weighted by Crippen LogP contribution is 2.22. The molecule has 0 unspecified atom stereocenters. The number of nitrogens with zero attached hydrogens (tertiary/aromatic N) is 3. The Hall–Kier alpha value is -2.29. The lowest BCUT2D eigenvalue weighted by Crippen LogP contribution is -2.38. The van der Waals surface area contributed by atoms with Gasteiger partial charge < -0.3 is 15.4 Å². The molecular formula is C23H32IN5O. The van der Waals surface area contributed by atoms with Crippen molar-refractivity contribution in [2.24, 2.45) is 4.99 Å². The Morgan fingerprint density at radius 3 is 2.53 bits per heavy atom. The third kappa shape index (κ3) is 6.62. The van der Waals surface area contributed by atoms with E-state index in [0.717, 1.165) is 43.5 Å². The van der Waals surface area contributed by atoms with Crippen molar-refractivity contribution in [1.82, 2.24) is 20.4 Å². The number of aryl methyl sites for hydroxylation is 3. The van der Waals surface area contributed by atoms with Crippen molar-refractivity contribution < 1.29 is 4.74 Å². The van der Waals surface area contributed by atoms with Gasteiger partial charge in [-0.1, -0.05) is 18.2 Å². The fourth-order valence-corrected chi connectivity index (χ4v) is 3.35. The van der Waals surface area contributed by atoms with Crippen LogP contribution in [0.5, 0.6) is 5.75 Å². The molecule has 0 atom stereocenters. The summed E-state index contributed by atoms with van der Waals surface area (Å²) < 4.78 is 7.36. The van der Waals surface area contributed by atoms with Crippen LogP contribution in [0.4, 0.5) is 0 Å². The second-order valence-corrected chi connectivity index (χ2v) is 7.17. The summed E-state index contributed by atoms with van der Waals surface area (Å²) in [6, 6.07) is 14.7.